The Balaban J connectivity index is 1.96. The highest BCUT2D eigenvalue weighted by Crippen LogP contribution is 2.37. The Morgan fingerprint density at radius 2 is 2.00 bits per heavy atom. The first-order chi connectivity index (χ1) is 8.68. The van der Waals surface area contributed by atoms with E-state index in [4.69, 9.17) is 0 Å². The molecular formula is C10H14N8. The predicted octanol–water partition coefficient (Wildman–Crippen LogP) is 0.458. The molecule has 2 N–H and O–H groups in total. The summed E-state index contributed by atoms with van der Waals surface area (Å²) >= 11 is 0. The molecule has 1 fully saturated rings. The highest BCUT2D eigenvalue weighted by Gasteiger charge is 2.38. The zero-order chi connectivity index (χ0) is 12.6. The molecule has 1 aliphatic rings. The summed E-state index contributed by atoms with van der Waals surface area (Å²) in [5, 5.41) is 10.2. The van der Waals surface area contributed by atoms with Crippen LogP contribution in [0.1, 0.15) is 19.8 Å². The predicted molar refractivity (Wildman–Crippen MR) is 65.6 cm³/mol. The first-order valence-corrected chi connectivity index (χ1v) is 5.76. The Bertz CT molecular complexity index is 545. The molecule has 2 aromatic heterocycles. The Hall–Kier alpha value is -2.25. The third-order valence-corrected chi connectivity index (χ3v) is 2.88. The van der Waals surface area contributed by atoms with Gasteiger partial charge in [-0.2, -0.15) is 24.7 Å². The summed E-state index contributed by atoms with van der Waals surface area (Å²) in [6.07, 6.45) is 5.26. The molecule has 0 unspecified atom stereocenters. The van der Waals surface area contributed by atoms with E-state index in [0.29, 0.717) is 17.8 Å². The van der Waals surface area contributed by atoms with E-state index in [-0.39, 0.29) is 5.54 Å². The van der Waals surface area contributed by atoms with Gasteiger partial charge in [-0.1, -0.05) is 0 Å². The molecule has 8 nitrogen and oxygen atoms in total. The van der Waals surface area contributed by atoms with Gasteiger partial charge in [0.15, 0.2) is 0 Å². The van der Waals surface area contributed by atoms with Gasteiger partial charge in [0.05, 0.1) is 0 Å². The minimum absolute atomic E-state index is 0.117. The minimum atomic E-state index is 0.117. The maximum absolute atomic E-state index is 4.34. The van der Waals surface area contributed by atoms with Crippen molar-refractivity contribution >= 4 is 11.9 Å². The molecule has 94 valence electrons. The van der Waals surface area contributed by atoms with Crippen LogP contribution in [0.5, 0.6) is 0 Å². The van der Waals surface area contributed by atoms with E-state index in [2.05, 4.69) is 42.6 Å². The summed E-state index contributed by atoms with van der Waals surface area (Å²) in [5.74, 6) is 1.50. The van der Waals surface area contributed by atoms with Crippen LogP contribution in [-0.2, 0) is 0 Å². The lowest BCUT2D eigenvalue weighted by molar-refractivity contribution is 0.770. The first kappa shape index (κ1) is 10.9. The Morgan fingerprint density at radius 1 is 1.22 bits per heavy atom. The lowest BCUT2D eigenvalue weighted by atomic mass is 10.3. The fraction of sp³-hybridized carbons (Fsp3) is 0.500. The van der Waals surface area contributed by atoms with Crippen LogP contribution in [0, 0.1) is 0 Å². The lowest BCUT2D eigenvalue weighted by Gasteiger charge is -2.12. The summed E-state index contributed by atoms with van der Waals surface area (Å²) in [6, 6.07) is 0. The average Bonchev–Trinajstić information content (AvgIpc) is 2.89. The van der Waals surface area contributed by atoms with Crippen molar-refractivity contribution in [1.29, 1.82) is 0 Å². The molecule has 2 aromatic rings. The van der Waals surface area contributed by atoms with Crippen LogP contribution in [0.3, 0.4) is 0 Å². The number of nitrogens with zero attached hydrogens (tertiary/aromatic N) is 6. The summed E-state index contributed by atoms with van der Waals surface area (Å²) in [4.78, 5) is 16.7. The summed E-state index contributed by atoms with van der Waals surface area (Å²) in [5.41, 5.74) is 0.117. The van der Waals surface area contributed by atoms with Gasteiger partial charge in [0, 0.05) is 12.6 Å². The van der Waals surface area contributed by atoms with E-state index in [1.54, 1.807) is 13.4 Å². The van der Waals surface area contributed by atoms with Crippen molar-refractivity contribution in [3.8, 4) is 5.95 Å². The Kier molecular flexibility index (Phi) is 2.35. The molecule has 0 bridgehead atoms. The molecule has 0 aromatic carbocycles. The molecule has 2 heterocycles. The van der Waals surface area contributed by atoms with Crippen LogP contribution in [0.25, 0.3) is 5.95 Å². The molecular weight excluding hydrogens is 232 g/mol. The van der Waals surface area contributed by atoms with E-state index in [1.807, 2.05) is 0 Å². The van der Waals surface area contributed by atoms with Crippen molar-refractivity contribution in [3.63, 3.8) is 0 Å². The molecule has 18 heavy (non-hydrogen) atoms. The van der Waals surface area contributed by atoms with E-state index in [9.17, 15) is 0 Å². The van der Waals surface area contributed by atoms with Crippen LogP contribution in [0.15, 0.2) is 12.7 Å². The van der Waals surface area contributed by atoms with Crippen LogP contribution in [-0.4, -0.2) is 42.3 Å². The normalized spacial score (nSPS) is 16.3. The van der Waals surface area contributed by atoms with Gasteiger partial charge in [-0.05, 0) is 19.8 Å². The smallest absolute Gasteiger partial charge is 0.258 e. The van der Waals surface area contributed by atoms with Crippen molar-refractivity contribution in [2.24, 2.45) is 0 Å². The first-order valence-electron chi connectivity index (χ1n) is 5.76. The summed E-state index contributed by atoms with van der Waals surface area (Å²) in [7, 11) is 1.77. The quantitative estimate of drug-likeness (QED) is 0.809. The highest BCUT2D eigenvalue weighted by atomic mass is 15.4. The second-order valence-corrected chi connectivity index (χ2v) is 4.56. The van der Waals surface area contributed by atoms with Crippen LogP contribution in [0.2, 0.25) is 0 Å². The van der Waals surface area contributed by atoms with Gasteiger partial charge in [-0.25, -0.2) is 4.98 Å². The molecule has 0 atom stereocenters. The minimum Gasteiger partial charge on any atom is -0.357 e. The molecule has 1 aliphatic carbocycles. The summed E-state index contributed by atoms with van der Waals surface area (Å²) in [6.45, 7) is 2.14. The highest BCUT2D eigenvalue weighted by molar-refractivity contribution is 5.40. The SMILES string of the molecule is CNc1nc(NC2(C)CC2)nc(-n2cncn2)n1. The monoisotopic (exact) mass is 246 g/mol. The van der Waals surface area contributed by atoms with Gasteiger partial charge >= 0.3 is 0 Å². The molecule has 8 heteroatoms. The molecule has 0 saturated heterocycles. The zero-order valence-electron chi connectivity index (χ0n) is 10.3. The number of anilines is 2. The standard InChI is InChI=1S/C10H14N8/c1-10(3-4-10)17-8-14-7(11-2)15-9(16-8)18-6-12-5-13-18/h5-6H,3-4H2,1-2H3,(H2,11,14,15,16,17). The second-order valence-electron chi connectivity index (χ2n) is 4.56. The molecule has 3 rings (SSSR count). The number of aromatic nitrogens is 6. The van der Waals surface area contributed by atoms with Gasteiger partial charge in [-0.3, -0.25) is 0 Å². The largest absolute Gasteiger partial charge is 0.357 e. The lowest BCUT2D eigenvalue weighted by Crippen LogP contribution is -2.20. The van der Waals surface area contributed by atoms with Crippen LogP contribution < -0.4 is 10.6 Å². The Labute approximate surface area is 104 Å². The number of hydrogen-bond donors (Lipinski definition) is 2. The van der Waals surface area contributed by atoms with Gasteiger partial charge < -0.3 is 10.6 Å². The molecule has 0 aliphatic heterocycles. The Morgan fingerprint density at radius 3 is 2.61 bits per heavy atom. The van der Waals surface area contributed by atoms with Gasteiger partial charge in [0.25, 0.3) is 5.95 Å². The van der Waals surface area contributed by atoms with Crippen molar-refractivity contribution in [1.82, 2.24) is 29.7 Å². The third kappa shape index (κ3) is 2.08. The maximum Gasteiger partial charge on any atom is 0.258 e. The summed E-state index contributed by atoms with van der Waals surface area (Å²) < 4.78 is 1.50. The maximum atomic E-state index is 4.34. The van der Waals surface area contributed by atoms with E-state index in [0.717, 1.165) is 12.8 Å². The van der Waals surface area contributed by atoms with Gasteiger partial charge in [0.1, 0.15) is 12.7 Å². The van der Waals surface area contributed by atoms with Crippen molar-refractivity contribution in [2.75, 3.05) is 17.7 Å². The third-order valence-electron chi connectivity index (χ3n) is 2.88. The van der Waals surface area contributed by atoms with E-state index >= 15 is 0 Å². The van der Waals surface area contributed by atoms with E-state index < -0.39 is 0 Å². The van der Waals surface area contributed by atoms with Gasteiger partial charge in [0.2, 0.25) is 11.9 Å². The fourth-order valence-corrected chi connectivity index (χ4v) is 1.53. The molecule has 0 spiro atoms. The number of nitrogens with one attached hydrogen (secondary N) is 2. The number of hydrogen-bond acceptors (Lipinski definition) is 7. The molecule has 1 saturated carbocycles. The second kappa shape index (κ2) is 3.90. The van der Waals surface area contributed by atoms with Crippen molar-refractivity contribution in [3.05, 3.63) is 12.7 Å². The average molecular weight is 246 g/mol. The number of rotatable bonds is 4. The molecule has 0 amide bonds. The molecule has 0 radical (unpaired) electrons. The topological polar surface area (TPSA) is 93.4 Å². The van der Waals surface area contributed by atoms with Crippen molar-refractivity contribution in [2.45, 2.75) is 25.3 Å². The van der Waals surface area contributed by atoms with Crippen LogP contribution in [0.4, 0.5) is 11.9 Å². The van der Waals surface area contributed by atoms with E-state index in [1.165, 1.54) is 11.0 Å². The zero-order valence-corrected chi connectivity index (χ0v) is 10.3. The van der Waals surface area contributed by atoms with Crippen molar-refractivity contribution < 1.29 is 0 Å². The van der Waals surface area contributed by atoms with Crippen LogP contribution >= 0.6 is 0 Å². The van der Waals surface area contributed by atoms with Gasteiger partial charge in [-0.15, -0.1) is 0 Å². The fourth-order valence-electron chi connectivity index (χ4n) is 1.53.